The summed E-state index contributed by atoms with van der Waals surface area (Å²) in [6, 6.07) is 0. The topological polar surface area (TPSA) is 89.9 Å². The normalized spacial score (nSPS) is 12.0. The molecule has 0 bridgehead atoms. The minimum Gasteiger partial charge on any atom is -0.394 e. The molecule has 0 aliphatic heterocycles. The van der Waals surface area contributed by atoms with Gasteiger partial charge in [-0.25, -0.2) is 0 Å². The van der Waals surface area contributed by atoms with E-state index in [0.29, 0.717) is 13.0 Å². The van der Waals surface area contributed by atoms with Crippen LogP contribution >= 0.6 is 0 Å². The largest absolute Gasteiger partial charge is 0.394 e. The number of carbonyl (C=O) groups excluding carboxylic acids is 2. The molecule has 0 spiro atoms. The van der Waals surface area contributed by atoms with Crippen molar-refractivity contribution in [1.82, 2.24) is 10.2 Å². The van der Waals surface area contributed by atoms with Gasteiger partial charge >= 0.3 is 0 Å². The fourth-order valence-corrected chi connectivity index (χ4v) is 6.50. The molecule has 0 aromatic carbocycles. The first kappa shape index (κ1) is 45.9. The molecule has 2 amide bonds. The molecule has 1 atom stereocenters. The fraction of sp³-hybridized carbons (Fsp3) is 0.951. The van der Waals surface area contributed by atoms with Crippen molar-refractivity contribution in [2.24, 2.45) is 0 Å². The van der Waals surface area contributed by atoms with Crippen molar-refractivity contribution in [3.8, 4) is 0 Å². The lowest BCUT2D eigenvalue weighted by molar-refractivity contribution is -0.137. The lowest BCUT2D eigenvalue weighted by Crippen LogP contribution is -2.45. The maximum atomic E-state index is 12.9. The van der Waals surface area contributed by atoms with Crippen LogP contribution in [0.4, 0.5) is 0 Å². The molecule has 1 unspecified atom stereocenters. The second-order valence-electron chi connectivity index (χ2n) is 14.5. The van der Waals surface area contributed by atoms with Gasteiger partial charge in [-0.15, -0.1) is 0 Å². The first-order valence-corrected chi connectivity index (χ1v) is 20.9. The summed E-state index contributed by atoms with van der Waals surface area (Å²) in [4.78, 5) is 26.8. The molecule has 0 rings (SSSR count). The van der Waals surface area contributed by atoms with Gasteiger partial charge in [0.05, 0.1) is 19.3 Å². The van der Waals surface area contributed by atoms with E-state index in [9.17, 15) is 19.8 Å². The molecule has 6 nitrogen and oxygen atoms in total. The van der Waals surface area contributed by atoms with Gasteiger partial charge in [-0.3, -0.25) is 9.59 Å². The van der Waals surface area contributed by atoms with Crippen molar-refractivity contribution in [1.29, 1.82) is 0 Å². The molecule has 3 N–H and O–H groups in total. The van der Waals surface area contributed by atoms with Crippen molar-refractivity contribution < 1.29 is 19.8 Å². The number of unbranched alkanes of at least 4 members (excludes halogenated alkanes) is 29. The zero-order valence-corrected chi connectivity index (χ0v) is 31.7. The average Bonchev–Trinajstić information content (AvgIpc) is 3.07. The van der Waals surface area contributed by atoms with Gasteiger partial charge < -0.3 is 20.4 Å². The van der Waals surface area contributed by atoms with E-state index in [1.165, 1.54) is 172 Å². The SMILES string of the molecule is CCCCCCCCCCCCCCCCCCNC(=O)CN(CC(O)CO)C(=O)CCCCCCCCCCCCCCCCC. The number of nitrogens with zero attached hydrogens (tertiary/aromatic N) is 1. The van der Waals surface area contributed by atoms with Crippen LogP contribution in [-0.4, -0.2) is 59.3 Å². The summed E-state index contributed by atoms with van der Waals surface area (Å²) in [7, 11) is 0. The van der Waals surface area contributed by atoms with Gasteiger partial charge in [0.1, 0.15) is 0 Å². The number of aliphatic hydroxyl groups is 2. The maximum absolute atomic E-state index is 12.9. The minimum absolute atomic E-state index is 0.000536. The third-order valence-electron chi connectivity index (χ3n) is 9.68. The Balaban J connectivity index is 3.80. The number of nitrogens with one attached hydrogen (secondary N) is 1. The summed E-state index contributed by atoms with van der Waals surface area (Å²) in [6.45, 7) is 4.71. The van der Waals surface area contributed by atoms with Crippen LogP contribution in [0.1, 0.15) is 219 Å². The Hall–Kier alpha value is -1.14. The maximum Gasteiger partial charge on any atom is 0.239 e. The van der Waals surface area contributed by atoms with E-state index in [4.69, 9.17) is 0 Å². The van der Waals surface area contributed by atoms with Gasteiger partial charge in [0.2, 0.25) is 11.8 Å². The second-order valence-corrected chi connectivity index (χ2v) is 14.5. The molecule has 6 heteroatoms. The van der Waals surface area contributed by atoms with Crippen molar-refractivity contribution in [2.45, 2.75) is 225 Å². The van der Waals surface area contributed by atoms with Crippen molar-refractivity contribution in [3.63, 3.8) is 0 Å². The number of hydrogen-bond acceptors (Lipinski definition) is 4. The van der Waals surface area contributed by atoms with Crippen LogP contribution in [0.15, 0.2) is 0 Å². The number of rotatable bonds is 38. The van der Waals surface area contributed by atoms with Crippen molar-refractivity contribution in [2.75, 3.05) is 26.2 Å². The summed E-state index contributed by atoms with van der Waals surface area (Å²) in [5, 5.41) is 22.2. The van der Waals surface area contributed by atoms with E-state index in [2.05, 4.69) is 19.2 Å². The van der Waals surface area contributed by atoms with E-state index >= 15 is 0 Å². The van der Waals surface area contributed by atoms with Gasteiger partial charge in [0.15, 0.2) is 0 Å². The van der Waals surface area contributed by atoms with Gasteiger partial charge in [-0.1, -0.05) is 200 Å². The quantitative estimate of drug-likeness (QED) is 0.0572. The van der Waals surface area contributed by atoms with Gasteiger partial charge in [0.25, 0.3) is 0 Å². The lowest BCUT2D eigenvalue weighted by Gasteiger charge is -2.24. The highest BCUT2D eigenvalue weighted by Crippen LogP contribution is 2.15. The lowest BCUT2D eigenvalue weighted by atomic mass is 10.0. The summed E-state index contributed by atoms with van der Waals surface area (Å²) < 4.78 is 0. The van der Waals surface area contributed by atoms with Gasteiger partial charge in [0, 0.05) is 19.5 Å². The Bertz CT molecular complexity index is 659. The van der Waals surface area contributed by atoms with Crippen LogP contribution in [0.3, 0.4) is 0 Å². The summed E-state index contributed by atoms with van der Waals surface area (Å²) in [5.74, 6) is -0.286. The fourth-order valence-electron chi connectivity index (χ4n) is 6.50. The summed E-state index contributed by atoms with van der Waals surface area (Å²) in [5.41, 5.74) is 0. The Morgan fingerprint density at radius 3 is 1.17 bits per heavy atom. The predicted octanol–water partition coefficient (Wildman–Crippen LogP) is 10.8. The Morgan fingerprint density at radius 1 is 0.511 bits per heavy atom. The molecular weight excluding hydrogens is 584 g/mol. The summed E-state index contributed by atoms with van der Waals surface area (Å²) >= 11 is 0. The highest BCUT2D eigenvalue weighted by molar-refractivity contribution is 5.84. The number of carbonyl (C=O) groups is 2. The number of hydrogen-bond donors (Lipinski definition) is 3. The zero-order chi connectivity index (χ0) is 34.5. The van der Waals surface area contributed by atoms with Crippen LogP contribution < -0.4 is 5.32 Å². The Kier molecular flexibility index (Phi) is 36.8. The van der Waals surface area contributed by atoms with E-state index in [1.807, 2.05) is 0 Å². The minimum atomic E-state index is -1.02. The highest BCUT2D eigenvalue weighted by Gasteiger charge is 2.19. The van der Waals surface area contributed by atoms with Crippen LogP contribution in [0.25, 0.3) is 0 Å². The molecule has 0 aliphatic carbocycles. The molecule has 0 radical (unpaired) electrons. The second kappa shape index (κ2) is 37.7. The third-order valence-corrected chi connectivity index (χ3v) is 9.68. The molecule has 0 aliphatic rings. The zero-order valence-electron chi connectivity index (χ0n) is 31.7. The van der Waals surface area contributed by atoms with Crippen molar-refractivity contribution in [3.05, 3.63) is 0 Å². The van der Waals surface area contributed by atoms with Crippen molar-refractivity contribution >= 4 is 11.8 Å². The monoisotopic (exact) mass is 667 g/mol. The van der Waals surface area contributed by atoms with E-state index in [-0.39, 0.29) is 24.9 Å². The van der Waals surface area contributed by atoms with Gasteiger partial charge in [-0.05, 0) is 12.8 Å². The average molecular weight is 667 g/mol. The van der Waals surface area contributed by atoms with Crippen LogP contribution in [0.5, 0.6) is 0 Å². The molecule has 280 valence electrons. The van der Waals surface area contributed by atoms with E-state index < -0.39 is 12.7 Å². The van der Waals surface area contributed by atoms with Gasteiger partial charge in [-0.2, -0.15) is 0 Å². The Morgan fingerprint density at radius 2 is 0.830 bits per heavy atom. The van der Waals surface area contributed by atoms with E-state index in [1.54, 1.807) is 0 Å². The molecule has 0 fully saturated rings. The summed E-state index contributed by atoms with van der Waals surface area (Å²) in [6.07, 6.45) is 39.7. The first-order valence-electron chi connectivity index (χ1n) is 20.9. The smallest absolute Gasteiger partial charge is 0.239 e. The number of amides is 2. The van der Waals surface area contributed by atoms with Crippen LogP contribution in [-0.2, 0) is 9.59 Å². The molecular formula is C41H82N2O4. The molecule has 0 saturated carbocycles. The standard InChI is InChI=1S/C41H82N2O4/c1-3-5-7-9-11-13-15-17-19-21-23-25-27-29-31-33-35-42-40(46)37-43(36-39(45)38-44)41(47)34-32-30-28-26-24-22-20-18-16-14-12-10-8-6-4-2/h39,44-45H,3-38H2,1-2H3,(H,42,46). The molecule has 0 aromatic rings. The number of aliphatic hydroxyl groups excluding tert-OH is 2. The third kappa shape index (κ3) is 34.5. The highest BCUT2D eigenvalue weighted by atomic mass is 16.3. The molecule has 0 aromatic heterocycles. The van der Waals surface area contributed by atoms with Crippen LogP contribution in [0.2, 0.25) is 0 Å². The predicted molar refractivity (Wildman–Crippen MR) is 202 cm³/mol. The van der Waals surface area contributed by atoms with E-state index in [0.717, 1.165) is 32.1 Å². The van der Waals surface area contributed by atoms with Crippen LogP contribution in [0, 0.1) is 0 Å². The molecule has 47 heavy (non-hydrogen) atoms. The molecule has 0 saturated heterocycles. The molecule has 0 heterocycles. The first-order chi connectivity index (χ1) is 23.0. The Labute approximate surface area is 293 Å².